The standard InChI is InChI=1S/C15H20BrNO/c1-17-9-12-8-13(16)4-5-14(12)18-15-7-10-2-3-11(15)6-10/h4-5,8,10-11,15,17H,2-3,6-7,9H2,1H3. The van der Waals surface area contributed by atoms with E-state index in [1.807, 2.05) is 7.05 Å². The fourth-order valence-electron chi connectivity index (χ4n) is 3.49. The molecule has 0 amide bonds. The molecule has 1 N–H and O–H groups in total. The number of halogens is 1. The Morgan fingerprint density at radius 2 is 2.22 bits per heavy atom. The van der Waals surface area contributed by atoms with Crippen molar-refractivity contribution in [2.24, 2.45) is 11.8 Å². The van der Waals surface area contributed by atoms with Gasteiger partial charge in [-0.25, -0.2) is 0 Å². The predicted octanol–water partition coefficient (Wildman–Crippen LogP) is 3.74. The highest BCUT2D eigenvalue weighted by molar-refractivity contribution is 9.10. The Balaban J connectivity index is 1.75. The van der Waals surface area contributed by atoms with Crippen molar-refractivity contribution in [1.82, 2.24) is 5.32 Å². The minimum Gasteiger partial charge on any atom is -0.490 e. The summed E-state index contributed by atoms with van der Waals surface area (Å²) in [4.78, 5) is 0. The third-order valence-corrected chi connectivity index (χ3v) is 4.83. The second kappa shape index (κ2) is 5.22. The van der Waals surface area contributed by atoms with Crippen LogP contribution >= 0.6 is 15.9 Å². The fraction of sp³-hybridized carbons (Fsp3) is 0.600. The molecule has 3 rings (SSSR count). The van der Waals surface area contributed by atoms with Gasteiger partial charge in [0.15, 0.2) is 0 Å². The highest BCUT2D eigenvalue weighted by Gasteiger charge is 2.41. The highest BCUT2D eigenvalue weighted by atomic mass is 79.9. The molecular weight excluding hydrogens is 290 g/mol. The molecule has 0 aromatic heterocycles. The molecule has 3 atom stereocenters. The molecule has 2 saturated carbocycles. The molecule has 2 nitrogen and oxygen atoms in total. The van der Waals surface area contributed by atoms with Crippen LogP contribution in [0.15, 0.2) is 22.7 Å². The van der Waals surface area contributed by atoms with Crippen molar-refractivity contribution in [2.45, 2.75) is 38.3 Å². The minimum absolute atomic E-state index is 0.459. The van der Waals surface area contributed by atoms with Gasteiger partial charge in [-0.05, 0) is 62.8 Å². The Labute approximate surface area is 117 Å². The smallest absolute Gasteiger partial charge is 0.124 e. The number of fused-ring (bicyclic) bond motifs is 2. The van der Waals surface area contributed by atoms with E-state index >= 15 is 0 Å². The third kappa shape index (κ3) is 2.43. The lowest BCUT2D eigenvalue weighted by Crippen LogP contribution is -2.24. The van der Waals surface area contributed by atoms with E-state index in [0.29, 0.717) is 6.10 Å². The normalized spacial score (nSPS) is 29.8. The average Bonchev–Trinajstić information content (AvgIpc) is 2.95. The van der Waals surface area contributed by atoms with Crippen molar-refractivity contribution >= 4 is 15.9 Å². The van der Waals surface area contributed by atoms with Gasteiger partial charge < -0.3 is 10.1 Å². The van der Waals surface area contributed by atoms with Gasteiger partial charge in [-0.2, -0.15) is 0 Å². The Morgan fingerprint density at radius 3 is 2.89 bits per heavy atom. The van der Waals surface area contributed by atoms with Crippen LogP contribution in [0.2, 0.25) is 0 Å². The first kappa shape index (κ1) is 12.5. The largest absolute Gasteiger partial charge is 0.490 e. The van der Waals surface area contributed by atoms with Crippen molar-refractivity contribution in [3.05, 3.63) is 28.2 Å². The number of benzene rings is 1. The van der Waals surface area contributed by atoms with Crippen LogP contribution in [0.1, 0.15) is 31.2 Å². The molecule has 2 aliphatic rings. The minimum atomic E-state index is 0.459. The fourth-order valence-corrected chi connectivity index (χ4v) is 3.89. The molecule has 3 unspecified atom stereocenters. The molecule has 0 spiro atoms. The van der Waals surface area contributed by atoms with Gasteiger partial charge in [-0.3, -0.25) is 0 Å². The van der Waals surface area contributed by atoms with Gasteiger partial charge in [0.2, 0.25) is 0 Å². The number of nitrogens with one attached hydrogen (secondary N) is 1. The second-order valence-corrected chi connectivity index (χ2v) is 6.53. The number of rotatable bonds is 4. The Bertz CT molecular complexity index is 435. The van der Waals surface area contributed by atoms with Crippen molar-refractivity contribution in [3.63, 3.8) is 0 Å². The van der Waals surface area contributed by atoms with Crippen LogP contribution in [-0.4, -0.2) is 13.2 Å². The molecule has 2 bridgehead atoms. The lowest BCUT2D eigenvalue weighted by atomic mass is 9.97. The van der Waals surface area contributed by atoms with E-state index < -0.39 is 0 Å². The van der Waals surface area contributed by atoms with E-state index in [2.05, 4.69) is 39.4 Å². The average molecular weight is 310 g/mol. The molecule has 0 aliphatic heterocycles. The van der Waals surface area contributed by atoms with Crippen molar-refractivity contribution < 1.29 is 4.74 Å². The molecule has 1 aromatic carbocycles. The first-order chi connectivity index (χ1) is 8.76. The quantitative estimate of drug-likeness (QED) is 0.915. The first-order valence-corrected chi connectivity index (χ1v) is 7.65. The summed E-state index contributed by atoms with van der Waals surface area (Å²) in [6.45, 7) is 0.857. The second-order valence-electron chi connectivity index (χ2n) is 5.61. The van der Waals surface area contributed by atoms with Gasteiger partial charge in [0.25, 0.3) is 0 Å². The molecule has 2 aliphatic carbocycles. The molecule has 18 heavy (non-hydrogen) atoms. The maximum atomic E-state index is 6.29. The SMILES string of the molecule is CNCc1cc(Br)ccc1OC1CC2CCC1C2. The molecule has 0 radical (unpaired) electrons. The molecule has 1 aromatic rings. The number of hydrogen-bond donors (Lipinski definition) is 1. The van der Waals surface area contributed by atoms with E-state index in [0.717, 1.165) is 28.6 Å². The summed E-state index contributed by atoms with van der Waals surface area (Å²) in [5, 5.41) is 3.21. The van der Waals surface area contributed by atoms with Gasteiger partial charge in [0, 0.05) is 16.6 Å². The molecular formula is C15H20BrNO. The molecule has 98 valence electrons. The predicted molar refractivity (Wildman–Crippen MR) is 76.8 cm³/mol. The van der Waals surface area contributed by atoms with Gasteiger partial charge in [0.05, 0.1) is 0 Å². The summed E-state index contributed by atoms with van der Waals surface area (Å²) < 4.78 is 7.41. The van der Waals surface area contributed by atoms with Gasteiger partial charge in [-0.15, -0.1) is 0 Å². The maximum Gasteiger partial charge on any atom is 0.124 e. The first-order valence-electron chi connectivity index (χ1n) is 6.86. The van der Waals surface area contributed by atoms with E-state index in [1.54, 1.807) is 0 Å². The van der Waals surface area contributed by atoms with Crippen molar-refractivity contribution in [2.75, 3.05) is 7.05 Å². The van der Waals surface area contributed by atoms with Gasteiger partial charge >= 0.3 is 0 Å². The summed E-state index contributed by atoms with van der Waals surface area (Å²) in [6.07, 6.45) is 5.91. The lowest BCUT2D eigenvalue weighted by molar-refractivity contribution is 0.137. The highest BCUT2D eigenvalue weighted by Crippen LogP contribution is 2.46. The van der Waals surface area contributed by atoms with E-state index in [-0.39, 0.29) is 0 Å². The van der Waals surface area contributed by atoms with Gasteiger partial charge in [0.1, 0.15) is 11.9 Å². The van der Waals surface area contributed by atoms with Crippen LogP contribution in [-0.2, 0) is 6.54 Å². The summed E-state index contributed by atoms with van der Waals surface area (Å²) in [5.41, 5.74) is 1.25. The third-order valence-electron chi connectivity index (χ3n) is 4.34. The zero-order chi connectivity index (χ0) is 12.5. The Kier molecular flexibility index (Phi) is 3.62. The van der Waals surface area contributed by atoms with E-state index in [4.69, 9.17) is 4.74 Å². The molecule has 3 heteroatoms. The van der Waals surface area contributed by atoms with Crippen molar-refractivity contribution in [1.29, 1.82) is 0 Å². The van der Waals surface area contributed by atoms with Gasteiger partial charge in [-0.1, -0.05) is 15.9 Å². The summed E-state index contributed by atoms with van der Waals surface area (Å²) in [7, 11) is 1.97. The van der Waals surface area contributed by atoms with Crippen LogP contribution in [0.4, 0.5) is 0 Å². The van der Waals surface area contributed by atoms with Crippen LogP contribution in [0.5, 0.6) is 5.75 Å². The van der Waals surface area contributed by atoms with E-state index in [9.17, 15) is 0 Å². The summed E-state index contributed by atoms with van der Waals surface area (Å²) in [5.74, 6) is 2.80. The lowest BCUT2D eigenvalue weighted by Gasteiger charge is -2.24. The monoisotopic (exact) mass is 309 g/mol. The molecule has 0 heterocycles. The zero-order valence-electron chi connectivity index (χ0n) is 10.8. The Morgan fingerprint density at radius 1 is 1.33 bits per heavy atom. The summed E-state index contributed by atoms with van der Waals surface area (Å²) >= 11 is 3.53. The summed E-state index contributed by atoms with van der Waals surface area (Å²) in [6, 6.07) is 6.32. The van der Waals surface area contributed by atoms with Crippen LogP contribution in [0, 0.1) is 11.8 Å². The van der Waals surface area contributed by atoms with Crippen LogP contribution in [0.25, 0.3) is 0 Å². The van der Waals surface area contributed by atoms with Crippen LogP contribution < -0.4 is 10.1 Å². The molecule has 2 fully saturated rings. The maximum absolute atomic E-state index is 6.29. The molecule has 0 saturated heterocycles. The van der Waals surface area contributed by atoms with E-state index in [1.165, 1.54) is 31.2 Å². The Hall–Kier alpha value is -0.540. The number of hydrogen-bond acceptors (Lipinski definition) is 2. The topological polar surface area (TPSA) is 21.3 Å². The van der Waals surface area contributed by atoms with Crippen LogP contribution in [0.3, 0.4) is 0 Å². The zero-order valence-corrected chi connectivity index (χ0v) is 12.4. The number of ether oxygens (including phenoxy) is 1. The van der Waals surface area contributed by atoms with Crippen molar-refractivity contribution in [3.8, 4) is 5.75 Å².